The zero-order chi connectivity index (χ0) is 9.52. The molecule has 1 rings (SSSR count). The molecule has 0 saturated heterocycles. The van der Waals surface area contributed by atoms with Crippen LogP contribution >= 0.6 is 12.2 Å². The molecule has 0 radical (unpaired) electrons. The highest BCUT2D eigenvalue weighted by Gasteiger charge is 2.14. The second kappa shape index (κ2) is 6.16. The van der Waals surface area contributed by atoms with Gasteiger partial charge in [0.05, 0.1) is 6.61 Å². The van der Waals surface area contributed by atoms with Gasteiger partial charge in [-0.15, -0.1) is 0 Å². The smallest absolute Gasteiger partial charge is 0.166 e. The van der Waals surface area contributed by atoms with E-state index >= 15 is 0 Å². The Bertz CT molecular complexity index is 158. The lowest BCUT2D eigenvalue weighted by atomic mass is 10.3. The van der Waals surface area contributed by atoms with Crippen molar-refractivity contribution in [1.29, 1.82) is 0 Å². The van der Waals surface area contributed by atoms with Crippen LogP contribution in [0.4, 0.5) is 0 Å². The van der Waals surface area contributed by atoms with E-state index < -0.39 is 0 Å². The van der Waals surface area contributed by atoms with E-state index in [1.165, 1.54) is 25.7 Å². The molecule has 0 unspecified atom stereocenters. The summed E-state index contributed by atoms with van der Waals surface area (Å²) in [5, 5.41) is 7.18. The standard InChI is InChI=1S/C9H18N2OS/c1-12-7-6-10-9(13)11-8-4-2-3-5-8/h8H,2-7H2,1H3,(H2,10,11,13). The molecule has 1 fully saturated rings. The summed E-state index contributed by atoms with van der Waals surface area (Å²) in [5.74, 6) is 0. The molecule has 0 aliphatic heterocycles. The van der Waals surface area contributed by atoms with Gasteiger partial charge in [-0.05, 0) is 25.1 Å². The minimum absolute atomic E-state index is 0.600. The predicted molar refractivity (Wildman–Crippen MR) is 57.9 cm³/mol. The van der Waals surface area contributed by atoms with Crippen LogP contribution in [0.5, 0.6) is 0 Å². The first-order chi connectivity index (χ1) is 6.33. The molecule has 76 valence electrons. The molecule has 4 heteroatoms. The number of hydrogen-bond acceptors (Lipinski definition) is 2. The summed E-state index contributed by atoms with van der Waals surface area (Å²) in [6.45, 7) is 1.49. The van der Waals surface area contributed by atoms with Crippen LogP contribution in [-0.4, -0.2) is 31.4 Å². The lowest BCUT2D eigenvalue weighted by Gasteiger charge is -2.15. The second-order valence-corrected chi connectivity index (χ2v) is 3.78. The fourth-order valence-electron chi connectivity index (χ4n) is 1.57. The molecule has 1 aliphatic rings. The van der Waals surface area contributed by atoms with Crippen molar-refractivity contribution in [3.05, 3.63) is 0 Å². The second-order valence-electron chi connectivity index (χ2n) is 3.37. The number of rotatable bonds is 4. The fourth-order valence-corrected chi connectivity index (χ4v) is 1.84. The summed E-state index contributed by atoms with van der Waals surface area (Å²) in [7, 11) is 1.69. The summed E-state index contributed by atoms with van der Waals surface area (Å²) < 4.78 is 4.91. The molecule has 13 heavy (non-hydrogen) atoms. The van der Waals surface area contributed by atoms with Gasteiger partial charge in [0, 0.05) is 19.7 Å². The maximum Gasteiger partial charge on any atom is 0.166 e. The van der Waals surface area contributed by atoms with Crippen LogP contribution in [0.25, 0.3) is 0 Å². The minimum atomic E-state index is 0.600. The Labute approximate surface area is 85.2 Å². The fraction of sp³-hybridized carbons (Fsp3) is 0.889. The Morgan fingerprint density at radius 2 is 2.15 bits per heavy atom. The highest BCUT2D eigenvalue weighted by Crippen LogP contribution is 2.17. The molecule has 0 atom stereocenters. The van der Waals surface area contributed by atoms with Gasteiger partial charge in [0.2, 0.25) is 0 Å². The lowest BCUT2D eigenvalue weighted by molar-refractivity contribution is 0.204. The topological polar surface area (TPSA) is 33.3 Å². The average molecular weight is 202 g/mol. The summed E-state index contributed by atoms with van der Waals surface area (Å²) in [4.78, 5) is 0. The Kier molecular flexibility index (Phi) is 5.08. The molecular weight excluding hydrogens is 184 g/mol. The van der Waals surface area contributed by atoms with E-state index in [0.29, 0.717) is 12.6 Å². The van der Waals surface area contributed by atoms with Crippen molar-refractivity contribution in [2.24, 2.45) is 0 Å². The molecule has 0 aromatic rings. The van der Waals surface area contributed by atoms with E-state index in [2.05, 4.69) is 10.6 Å². The Balaban J connectivity index is 2.02. The maximum atomic E-state index is 5.13. The van der Waals surface area contributed by atoms with Gasteiger partial charge in [-0.2, -0.15) is 0 Å². The third-order valence-electron chi connectivity index (χ3n) is 2.28. The number of hydrogen-bond donors (Lipinski definition) is 2. The Hall–Kier alpha value is -0.350. The monoisotopic (exact) mass is 202 g/mol. The Morgan fingerprint density at radius 1 is 1.46 bits per heavy atom. The van der Waals surface area contributed by atoms with Crippen molar-refractivity contribution >= 4 is 17.3 Å². The van der Waals surface area contributed by atoms with Crippen LogP contribution in [0.2, 0.25) is 0 Å². The normalized spacial score (nSPS) is 17.3. The summed E-state index contributed by atoms with van der Waals surface area (Å²) in [6, 6.07) is 0.600. The number of nitrogens with one attached hydrogen (secondary N) is 2. The lowest BCUT2D eigenvalue weighted by Crippen LogP contribution is -2.41. The molecule has 3 nitrogen and oxygen atoms in total. The van der Waals surface area contributed by atoms with Gasteiger partial charge in [-0.25, -0.2) is 0 Å². The molecule has 1 aliphatic carbocycles. The van der Waals surface area contributed by atoms with E-state index in [0.717, 1.165) is 11.7 Å². The van der Waals surface area contributed by atoms with Crippen molar-refractivity contribution in [2.45, 2.75) is 31.7 Å². The van der Waals surface area contributed by atoms with Gasteiger partial charge >= 0.3 is 0 Å². The molecule has 0 aromatic carbocycles. The first-order valence-electron chi connectivity index (χ1n) is 4.86. The zero-order valence-corrected chi connectivity index (χ0v) is 8.95. The van der Waals surface area contributed by atoms with Gasteiger partial charge in [0.1, 0.15) is 0 Å². The van der Waals surface area contributed by atoms with E-state index in [9.17, 15) is 0 Å². The van der Waals surface area contributed by atoms with Crippen LogP contribution < -0.4 is 10.6 Å². The summed E-state index contributed by atoms with van der Waals surface area (Å²) >= 11 is 5.13. The van der Waals surface area contributed by atoms with Crippen molar-refractivity contribution < 1.29 is 4.74 Å². The van der Waals surface area contributed by atoms with Gasteiger partial charge in [0.25, 0.3) is 0 Å². The van der Waals surface area contributed by atoms with Crippen molar-refractivity contribution in [3.63, 3.8) is 0 Å². The van der Waals surface area contributed by atoms with Crippen molar-refractivity contribution in [2.75, 3.05) is 20.3 Å². The molecular formula is C9H18N2OS. The highest BCUT2D eigenvalue weighted by atomic mass is 32.1. The zero-order valence-electron chi connectivity index (χ0n) is 8.14. The summed E-state index contributed by atoms with van der Waals surface area (Å²) in [5.41, 5.74) is 0. The van der Waals surface area contributed by atoms with Gasteiger partial charge in [-0.3, -0.25) is 0 Å². The van der Waals surface area contributed by atoms with E-state index in [-0.39, 0.29) is 0 Å². The van der Waals surface area contributed by atoms with Crippen LogP contribution in [0.15, 0.2) is 0 Å². The Morgan fingerprint density at radius 3 is 2.77 bits per heavy atom. The van der Waals surface area contributed by atoms with E-state index in [1.807, 2.05) is 0 Å². The molecule has 0 aromatic heterocycles. The van der Waals surface area contributed by atoms with Gasteiger partial charge in [0.15, 0.2) is 5.11 Å². The number of thiocarbonyl (C=S) groups is 1. The molecule has 0 spiro atoms. The third kappa shape index (κ3) is 4.43. The molecule has 0 heterocycles. The molecule has 0 amide bonds. The highest BCUT2D eigenvalue weighted by molar-refractivity contribution is 7.80. The summed E-state index contributed by atoms with van der Waals surface area (Å²) in [6.07, 6.45) is 5.18. The van der Waals surface area contributed by atoms with Crippen molar-refractivity contribution in [1.82, 2.24) is 10.6 Å². The largest absolute Gasteiger partial charge is 0.383 e. The van der Waals surface area contributed by atoms with Crippen LogP contribution in [0, 0.1) is 0 Å². The van der Waals surface area contributed by atoms with Gasteiger partial charge in [-0.1, -0.05) is 12.8 Å². The number of ether oxygens (including phenoxy) is 1. The van der Waals surface area contributed by atoms with E-state index in [4.69, 9.17) is 17.0 Å². The predicted octanol–water partition coefficient (Wildman–Crippen LogP) is 1.04. The number of methoxy groups -OCH3 is 1. The first kappa shape index (κ1) is 10.7. The average Bonchev–Trinajstić information content (AvgIpc) is 2.57. The quantitative estimate of drug-likeness (QED) is 0.527. The molecule has 2 N–H and O–H groups in total. The van der Waals surface area contributed by atoms with E-state index in [1.54, 1.807) is 7.11 Å². The molecule has 1 saturated carbocycles. The van der Waals surface area contributed by atoms with Crippen LogP contribution in [0.3, 0.4) is 0 Å². The SMILES string of the molecule is COCCNC(=S)NC1CCCC1. The van der Waals surface area contributed by atoms with Crippen LogP contribution in [0.1, 0.15) is 25.7 Å². The van der Waals surface area contributed by atoms with Crippen molar-refractivity contribution in [3.8, 4) is 0 Å². The first-order valence-corrected chi connectivity index (χ1v) is 5.27. The molecule has 0 bridgehead atoms. The maximum absolute atomic E-state index is 5.13. The third-order valence-corrected chi connectivity index (χ3v) is 2.54. The van der Waals surface area contributed by atoms with Gasteiger partial charge < -0.3 is 15.4 Å². The minimum Gasteiger partial charge on any atom is -0.383 e. The van der Waals surface area contributed by atoms with Crippen LogP contribution in [-0.2, 0) is 4.74 Å².